The van der Waals surface area contributed by atoms with Gasteiger partial charge in [0.05, 0.1) is 0 Å². The highest BCUT2D eigenvalue weighted by molar-refractivity contribution is 7.85. The van der Waals surface area contributed by atoms with Gasteiger partial charge in [0.1, 0.15) is 11.8 Å². The topological polar surface area (TPSA) is 139 Å². The fourth-order valence-corrected chi connectivity index (χ4v) is 3.58. The first-order valence-corrected chi connectivity index (χ1v) is 10.1. The van der Waals surface area contributed by atoms with Gasteiger partial charge in [-0.1, -0.05) is 0 Å². The van der Waals surface area contributed by atoms with Crippen LogP contribution in [0.1, 0.15) is 0 Å². The first kappa shape index (κ1) is 19.7. The van der Waals surface area contributed by atoms with Crippen LogP contribution in [0.3, 0.4) is 0 Å². The molecule has 0 bridgehead atoms. The van der Waals surface area contributed by atoms with Crippen molar-refractivity contribution in [2.24, 2.45) is 0 Å². The van der Waals surface area contributed by atoms with Crippen molar-refractivity contribution in [1.82, 2.24) is 20.4 Å². The first-order valence-electron chi connectivity index (χ1n) is 6.92. The van der Waals surface area contributed by atoms with Gasteiger partial charge in [-0.05, 0) is 0 Å². The van der Waals surface area contributed by atoms with Gasteiger partial charge in [-0.15, -0.1) is 0 Å². The minimum Gasteiger partial charge on any atom is -0.314 e. The second kappa shape index (κ2) is 9.08. The maximum absolute atomic E-state index is 10.9. The van der Waals surface area contributed by atoms with Crippen molar-refractivity contribution >= 4 is 20.2 Å². The van der Waals surface area contributed by atoms with E-state index in [0.717, 1.165) is 0 Å². The summed E-state index contributed by atoms with van der Waals surface area (Å²) < 4.78 is 61.6. The van der Waals surface area contributed by atoms with Gasteiger partial charge < -0.3 is 10.6 Å². The van der Waals surface area contributed by atoms with Crippen LogP contribution in [0.5, 0.6) is 0 Å². The van der Waals surface area contributed by atoms with Gasteiger partial charge in [-0.3, -0.25) is 18.9 Å². The standard InChI is InChI=1S/C10H24N4O6S2/c15-21(16,17)9-13-5-1-11-2-6-14(10-22(18,19)20)8-4-12-3-7-13/h11-12H,1-10H2,(H,15,16,17)(H,18,19,20). The molecule has 0 aliphatic carbocycles. The van der Waals surface area contributed by atoms with E-state index in [-0.39, 0.29) is 0 Å². The van der Waals surface area contributed by atoms with Crippen LogP contribution in [-0.4, -0.2) is 99.9 Å². The van der Waals surface area contributed by atoms with E-state index in [2.05, 4.69) is 10.6 Å². The SMILES string of the molecule is O=S(=O)(O)CN1CCNCCN(CS(=O)(=O)O)CCNCC1. The van der Waals surface area contributed by atoms with E-state index in [1.165, 1.54) is 0 Å². The van der Waals surface area contributed by atoms with Crippen molar-refractivity contribution in [2.45, 2.75) is 0 Å². The Kier molecular flexibility index (Phi) is 8.13. The molecule has 0 aromatic rings. The number of hydrogen-bond acceptors (Lipinski definition) is 8. The van der Waals surface area contributed by atoms with Gasteiger partial charge in [0.2, 0.25) is 0 Å². The molecular weight excluding hydrogens is 336 g/mol. The number of nitrogens with one attached hydrogen (secondary N) is 2. The largest absolute Gasteiger partial charge is 0.314 e. The smallest absolute Gasteiger partial charge is 0.278 e. The van der Waals surface area contributed by atoms with E-state index in [1.54, 1.807) is 9.80 Å². The van der Waals surface area contributed by atoms with Gasteiger partial charge in [-0.25, -0.2) is 0 Å². The van der Waals surface area contributed by atoms with Crippen LogP contribution >= 0.6 is 0 Å². The van der Waals surface area contributed by atoms with E-state index >= 15 is 0 Å². The second-order valence-electron chi connectivity index (χ2n) is 5.16. The molecular formula is C10H24N4O6S2. The molecule has 0 spiro atoms. The lowest BCUT2D eigenvalue weighted by atomic mass is 10.4. The van der Waals surface area contributed by atoms with Crippen molar-refractivity contribution in [3.8, 4) is 0 Å². The molecule has 1 aliphatic heterocycles. The van der Waals surface area contributed by atoms with Crippen molar-refractivity contribution in [3.63, 3.8) is 0 Å². The summed E-state index contributed by atoms with van der Waals surface area (Å²) in [5.74, 6) is -0.823. The summed E-state index contributed by atoms with van der Waals surface area (Å²) in [7, 11) is -8.10. The second-order valence-corrected chi connectivity index (χ2v) is 8.00. The molecule has 0 atom stereocenters. The summed E-state index contributed by atoms with van der Waals surface area (Å²) in [6, 6.07) is 0. The number of nitrogens with zero attached hydrogens (tertiary/aromatic N) is 2. The van der Waals surface area contributed by atoms with Crippen LogP contribution in [0, 0.1) is 0 Å². The molecule has 0 amide bonds. The number of hydrogen-bond donors (Lipinski definition) is 4. The predicted octanol–water partition coefficient (Wildman–Crippen LogP) is -2.53. The third-order valence-electron chi connectivity index (χ3n) is 3.11. The average molecular weight is 360 g/mol. The van der Waals surface area contributed by atoms with Crippen LogP contribution in [0.4, 0.5) is 0 Å². The lowest BCUT2D eigenvalue weighted by molar-refractivity contribution is 0.267. The van der Waals surface area contributed by atoms with Crippen LogP contribution in [0.2, 0.25) is 0 Å². The molecule has 0 saturated carbocycles. The Balaban J connectivity index is 2.49. The zero-order chi connectivity index (χ0) is 16.6. The Morgan fingerprint density at radius 3 is 1.18 bits per heavy atom. The Morgan fingerprint density at radius 1 is 0.682 bits per heavy atom. The van der Waals surface area contributed by atoms with E-state index in [4.69, 9.17) is 9.11 Å². The molecule has 0 unspecified atom stereocenters. The minimum absolute atomic E-state index is 0.411. The summed E-state index contributed by atoms with van der Waals surface area (Å²) in [6.07, 6.45) is 0. The monoisotopic (exact) mass is 360 g/mol. The fraction of sp³-hybridized carbons (Fsp3) is 1.00. The lowest BCUT2D eigenvalue weighted by Gasteiger charge is -2.25. The quantitative estimate of drug-likeness (QED) is 0.397. The molecule has 0 radical (unpaired) electrons. The van der Waals surface area contributed by atoms with Gasteiger partial charge in [0.15, 0.2) is 0 Å². The first-order chi connectivity index (χ1) is 10.2. The van der Waals surface area contributed by atoms with Crippen molar-refractivity contribution in [2.75, 3.05) is 64.1 Å². The molecule has 12 heteroatoms. The molecule has 1 fully saturated rings. The summed E-state index contributed by atoms with van der Waals surface area (Å²) >= 11 is 0. The minimum atomic E-state index is -4.05. The zero-order valence-corrected chi connectivity index (χ0v) is 13.9. The molecule has 0 aromatic heterocycles. The Labute approximate surface area is 131 Å². The molecule has 1 rings (SSSR count). The van der Waals surface area contributed by atoms with Gasteiger partial charge in [0.25, 0.3) is 20.2 Å². The van der Waals surface area contributed by atoms with Crippen LogP contribution < -0.4 is 10.6 Å². The molecule has 1 aliphatic rings. The van der Waals surface area contributed by atoms with Crippen LogP contribution in [-0.2, 0) is 20.2 Å². The molecule has 0 aromatic carbocycles. The van der Waals surface area contributed by atoms with Crippen molar-refractivity contribution < 1.29 is 25.9 Å². The molecule has 132 valence electrons. The lowest BCUT2D eigenvalue weighted by Crippen LogP contribution is -2.45. The Bertz CT molecular complexity index is 464. The highest BCUT2D eigenvalue weighted by Crippen LogP contribution is 1.95. The molecule has 10 nitrogen and oxygen atoms in total. The normalized spacial score (nSPS) is 21.9. The van der Waals surface area contributed by atoms with Crippen LogP contribution in [0.25, 0.3) is 0 Å². The zero-order valence-electron chi connectivity index (χ0n) is 12.3. The van der Waals surface area contributed by atoms with E-state index in [1.807, 2.05) is 0 Å². The van der Waals surface area contributed by atoms with Crippen molar-refractivity contribution in [3.05, 3.63) is 0 Å². The molecule has 1 heterocycles. The maximum Gasteiger partial charge on any atom is 0.278 e. The Hall–Kier alpha value is -0.340. The van der Waals surface area contributed by atoms with Gasteiger partial charge in [-0.2, -0.15) is 16.8 Å². The summed E-state index contributed by atoms with van der Waals surface area (Å²) in [5.41, 5.74) is 0. The highest BCUT2D eigenvalue weighted by atomic mass is 32.2. The maximum atomic E-state index is 10.9. The molecule has 4 N–H and O–H groups in total. The average Bonchev–Trinajstić information content (AvgIpc) is 2.31. The van der Waals surface area contributed by atoms with Crippen LogP contribution in [0.15, 0.2) is 0 Å². The van der Waals surface area contributed by atoms with Crippen molar-refractivity contribution in [1.29, 1.82) is 0 Å². The Morgan fingerprint density at radius 2 is 0.955 bits per heavy atom. The third-order valence-corrected chi connectivity index (χ3v) is 4.49. The summed E-state index contributed by atoms with van der Waals surface area (Å²) in [5, 5.41) is 6.16. The molecule has 22 heavy (non-hydrogen) atoms. The predicted molar refractivity (Wildman–Crippen MR) is 81.7 cm³/mol. The summed E-state index contributed by atoms with van der Waals surface area (Å²) in [6.45, 7) is 3.81. The summed E-state index contributed by atoms with van der Waals surface area (Å²) in [4.78, 5) is 3.24. The third kappa shape index (κ3) is 10.4. The van der Waals surface area contributed by atoms with Gasteiger partial charge >= 0.3 is 0 Å². The van der Waals surface area contributed by atoms with Gasteiger partial charge in [0, 0.05) is 52.4 Å². The van der Waals surface area contributed by atoms with E-state index < -0.39 is 32.0 Å². The highest BCUT2D eigenvalue weighted by Gasteiger charge is 2.16. The van der Waals surface area contributed by atoms with E-state index in [0.29, 0.717) is 52.4 Å². The number of rotatable bonds is 4. The van der Waals surface area contributed by atoms with E-state index in [9.17, 15) is 16.8 Å². The molecule has 1 saturated heterocycles. The fourth-order valence-electron chi connectivity index (χ4n) is 2.14.